The molecule has 0 radical (unpaired) electrons. The van der Waals surface area contributed by atoms with E-state index in [4.69, 9.17) is 19.6 Å². The second-order valence-electron chi connectivity index (χ2n) is 9.87. The van der Waals surface area contributed by atoms with Gasteiger partial charge in [-0.25, -0.2) is 9.78 Å². The summed E-state index contributed by atoms with van der Waals surface area (Å²) in [6.45, 7) is 25.0. The van der Waals surface area contributed by atoms with Crippen molar-refractivity contribution in [3.63, 3.8) is 0 Å². The first-order chi connectivity index (χ1) is 10.5. The fourth-order valence-electron chi connectivity index (χ4n) is 1.38. The van der Waals surface area contributed by atoms with Crippen molar-refractivity contribution in [1.82, 2.24) is 0 Å². The molecule has 0 saturated heterocycles. The highest BCUT2D eigenvalue weighted by Crippen LogP contribution is 2.38. The first-order valence-electron chi connectivity index (χ1n) is 9.27. The van der Waals surface area contributed by atoms with E-state index in [-0.39, 0.29) is 10.8 Å². The van der Waals surface area contributed by atoms with Crippen molar-refractivity contribution in [2.45, 2.75) is 119 Å². The lowest BCUT2D eigenvalue weighted by molar-refractivity contribution is -0.553. The molecule has 146 valence electrons. The maximum Gasteiger partial charge on any atom is 0.233 e. The van der Waals surface area contributed by atoms with Gasteiger partial charge >= 0.3 is 0 Å². The third-order valence-corrected chi connectivity index (χ3v) is 5.59. The minimum atomic E-state index is -0.903. The molecule has 0 heterocycles. The predicted molar refractivity (Wildman–Crippen MR) is 99.3 cm³/mol. The van der Waals surface area contributed by atoms with E-state index in [1.54, 1.807) is 0 Å². The molecule has 4 nitrogen and oxygen atoms in total. The highest BCUT2D eigenvalue weighted by atomic mass is 17.3. The predicted octanol–water partition coefficient (Wildman–Crippen LogP) is 6.44. The highest BCUT2D eigenvalue weighted by molar-refractivity contribution is 4.84. The molecule has 0 bridgehead atoms. The van der Waals surface area contributed by atoms with Gasteiger partial charge in [-0.05, 0) is 38.5 Å². The molecular weight excluding hydrogens is 304 g/mol. The van der Waals surface area contributed by atoms with Crippen LogP contribution in [0.3, 0.4) is 0 Å². The minimum absolute atomic E-state index is 0.0652. The molecule has 0 amide bonds. The van der Waals surface area contributed by atoms with Crippen LogP contribution in [0.5, 0.6) is 0 Å². The summed E-state index contributed by atoms with van der Waals surface area (Å²) in [4.78, 5) is 23.4. The van der Waals surface area contributed by atoms with Crippen molar-refractivity contribution in [3.8, 4) is 0 Å². The summed E-state index contributed by atoms with van der Waals surface area (Å²) in [7, 11) is 0. The lowest BCUT2D eigenvalue weighted by atomic mass is 9.79. The van der Waals surface area contributed by atoms with Crippen LogP contribution in [0.2, 0.25) is 0 Å². The first-order valence-corrected chi connectivity index (χ1v) is 9.27. The Labute approximate surface area is 150 Å². The van der Waals surface area contributed by atoms with Crippen molar-refractivity contribution >= 4 is 0 Å². The maximum atomic E-state index is 5.87. The van der Waals surface area contributed by atoms with Crippen LogP contribution in [0.15, 0.2) is 0 Å². The summed E-state index contributed by atoms with van der Waals surface area (Å²) in [6.07, 6.45) is 2.25. The fraction of sp³-hybridized carbons (Fsp3) is 1.00. The van der Waals surface area contributed by atoms with Crippen LogP contribution in [0.4, 0.5) is 0 Å². The van der Waals surface area contributed by atoms with Gasteiger partial charge in [0.1, 0.15) is 11.2 Å². The van der Waals surface area contributed by atoms with Crippen LogP contribution in [0.1, 0.15) is 102 Å². The Morgan fingerprint density at radius 2 is 0.875 bits per heavy atom. The van der Waals surface area contributed by atoms with Gasteiger partial charge in [0.15, 0.2) is 0 Å². The number of hydrogen-bond donors (Lipinski definition) is 0. The van der Waals surface area contributed by atoms with Gasteiger partial charge in [-0.3, -0.25) is 0 Å². The first kappa shape index (κ1) is 23.8. The molecule has 0 aliphatic rings. The molecular formula is C20H42O4. The SMILES string of the molecule is CCCC(CC)(OOC(C)(C)C(C)(C)C)OOC(C)(C)C(C)(C)C. The minimum Gasteiger partial charge on any atom is -0.227 e. The molecule has 0 aromatic rings. The van der Waals surface area contributed by atoms with Gasteiger partial charge < -0.3 is 0 Å². The Morgan fingerprint density at radius 3 is 1.08 bits per heavy atom. The Hall–Kier alpha value is -0.160. The zero-order valence-corrected chi connectivity index (χ0v) is 18.3. The normalized spacial score (nSPS) is 15.0. The second-order valence-corrected chi connectivity index (χ2v) is 9.87. The smallest absolute Gasteiger partial charge is 0.227 e. The quantitative estimate of drug-likeness (QED) is 0.273. The molecule has 0 aliphatic carbocycles. The third kappa shape index (κ3) is 6.29. The molecule has 0 fully saturated rings. The molecule has 0 saturated carbocycles. The van der Waals surface area contributed by atoms with Crippen LogP contribution in [-0.2, 0) is 19.6 Å². The van der Waals surface area contributed by atoms with Gasteiger partial charge in [-0.1, -0.05) is 61.8 Å². The summed E-state index contributed by atoms with van der Waals surface area (Å²) in [5.74, 6) is -0.903. The van der Waals surface area contributed by atoms with E-state index in [1.165, 1.54) is 0 Å². The molecule has 0 aromatic carbocycles. The van der Waals surface area contributed by atoms with Gasteiger partial charge in [0.25, 0.3) is 0 Å². The zero-order valence-electron chi connectivity index (χ0n) is 18.3. The average molecular weight is 347 g/mol. The van der Waals surface area contributed by atoms with E-state index < -0.39 is 17.0 Å². The van der Waals surface area contributed by atoms with Crippen LogP contribution in [-0.4, -0.2) is 17.0 Å². The summed E-state index contributed by atoms with van der Waals surface area (Å²) in [5.41, 5.74) is -1.04. The van der Waals surface area contributed by atoms with Crippen LogP contribution in [0, 0.1) is 10.8 Å². The summed E-state index contributed by atoms with van der Waals surface area (Å²) < 4.78 is 0. The van der Waals surface area contributed by atoms with Crippen molar-refractivity contribution in [1.29, 1.82) is 0 Å². The Kier molecular flexibility index (Phi) is 7.97. The molecule has 24 heavy (non-hydrogen) atoms. The molecule has 0 rings (SSSR count). The van der Waals surface area contributed by atoms with Crippen LogP contribution >= 0.6 is 0 Å². The van der Waals surface area contributed by atoms with E-state index in [0.717, 1.165) is 6.42 Å². The monoisotopic (exact) mass is 346 g/mol. The molecule has 0 aliphatic heterocycles. The van der Waals surface area contributed by atoms with E-state index in [9.17, 15) is 0 Å². The Bertz CT molecular complexity index is 342. The van der Waals surface area contributed by atoms with Gasteiger partial charge in [0, 0.05) is 12.8 Å². The van der Waals surface area contributed by atoms with Gasteiger partial charge in [-0.15, -0.1) is 0 Å². The standard InChI is InChI=1S/C20H42O4/c1-13-15-20(14-2,23-21-18(9,10)16(3,4)5)24-22-19(11,12)17(6,7)8/h13-15H2,1-12H3. The van der Waals surface area contributed by atoms with E-state index in [0.29, 0.717) is 12.8 Å². The molecule has 4 heteroatoms. The molecule has 0 unspecified atom stereocenters. The van der Waals surface area contributed by atoms with E-state index >= 15 is 0 Å². The lowest BCUT2D eigenvalue weighted by Gasteiger charge is -2.42. The second kappa shape index (κ2) is 8.03. The zero-order chi connectivity index (χ0) is 19.4. The number of hydrogen-bond acceptors (Lipinski definition) is 4. The molecule has 0 N–H and O–H groups in total. The van der Waals surface area contributed by atoms with Gasteiger partial charge in [0.2, 0.25) is 5.79 Å². The Balaban J connectivity index is 5.17. The van der Waals surface area contributed by atoms with Gasteiger partial charge in [0.05, 0.1) is 0 Å². The molecule has 0 spiro atoms. The van der Waals surface area contributed by atoms with Crippen molar-refractivity contribution in [2.24, 2.45) is 10.8 Å². The topological polar surface area (TPSA) is 36.9 Å². The van der Waals surface area contributed by atoms with E-state index in [2.05, 4.69) is 48.5 Å². The van der Waals surface area contributed by atoms with Crippen molar-refractivity contribution < 1.29 is 19.6 Å². The van der Waals surface area contributed by atoms with Crippen LogP contribution < -0.4 is 0 Å². The van der Waals surface area contributed by atoms with Crippen LogP contribution in [0.25, 0.3) is 0 Å². The summed E-state index contributed by atoms with van der Waals surface area (Å²) in [5, 5.41) is 0. The molecule has 0 atom stereocenters. The summed E-state index contributed by atoms with van der Waals surface area (Å²) >= 11 is 0. The van der Waals surface area contributed by atoms with Crippen molar-refractivity contribution in [3.05, 3.63) is 0 Å². The highest BCUT2D eigenvalue weighted by Gasteiger charge is 2.43. The average Bonchev–Trinajstić information content (AvgIpc) is 2.40. The van der Waals surface area contributed by atoms with Gasteiger partial charge in [-0.2, -0.15) is 9.78 Å². The largest absolute Gasteiger partial charge is 0.233 e. The van der Waals surface area contributed by atoms with Crippen molar-refractivity contribution in [2.75, 3.05) is 0 Å². The molecule has 0 aromatic heterocycles. The summed E-state index contributed by atoms with van der Waals surface area (Å²) in [6, 6.07) is 0. The Morgan fingerprint density at radius 1 is 0.542 bits per heavy atom. The maximum absolute atomic E-state index is 5.87. The number of rotatable bonds is 9. The lowest BCUT2D eigenvalue weighted by Crippen LogP contribution is -2.47. The third-order valence-electron chi connectivity index (χ3n) is 5.59. The van der Waals surface area contributed by atoms with E-state index in [1.807, 2.05) is 34.6 Å². The fourth-order valence-corrected chi connectivity index (χ4v) is 1.38.